The Balaban J connectivity index is 1.60. The first kappa shape index (κ1) is 18.1. The van der Waals surface area contributed by atoms with E-state index in [-0.39, 0.29) is 5.91 Å². The average molecular weight is 362 g/mol. The number of benzene rings is 2. The summed E-state index contributed by atoms with van der Waals surface area (Å²) in [5.41, 5.74) is 1.75. The van der Waals surface area contributed by atoms with Crippen molar-refractivity contribution < 1.29 is 19.1 Å². The van der Waals surface area contributed by atoms with Gasteiger partial charge < -0.3 is 14.8 Å². The van der Waals surface area contributed by atoms with E-state index < -0.39 is 5.97 Å². The topological polar surface area (TPSA) is 77.5 Å². The summed E-state index contributed by atoms with van der Waals surface area (Å²) in [4.78, 5) is 27.8. The average Bonchev–Trinajstić information content (AvgIpc) is 2.72. The second kappa shape index (κ2) is 8.62. The summed E-state index contributed by atoms with van der Waals surface area (Å²) in [6, 6.07) is 19.1. The first-order chi connectivity index (χ1) is 13.2. The molecule has 1 aromatic heterocycles. The van der Waals surface area contributed by atoms with E-state index in [0.717, 1.165) is 5.56 Å². The Morgan fingerprint density at radius 1 is 0.963 bits per heavy atom. The van der Waals surface area contributed by atoms with E-state index in [2.05, 4.69) is 15.0 Å². The molecule has 27 heavy (non-hydrogen) atoms. The first-order valence-corrected chi connectivity index (χ1v) is 8.30. The Kier molecular flexibility index (Phi) is 5.79. The maximum Gasteiger partial charge on any atom is 0.337 e. The van der Waals surface area contributed by atoms with Gasteiger partial charge in [-0.05, 0) is 48.0 Å². The number of nitrogens with one attached hydrogen (secondary N) is 1. The maximum atomic E-state index is 12.3. The molecular weight excluding hydrogens is 344 g/mol. The molecule has 3 aromatic rings. The fourth-order valence-electron chi connectivity index (χ4n) is 2.41. The van der Waals surface area contributed by atoms with Crippen LogP contribution in [0, 0.1) is 0 Å². The van der Waals surface area contributed by atoms with Gasteiger partial charge in [0.15, 0.2) is 0 Å². The van der Waals surface area contributed by atoms with Crippen molar-refractivity contribution in [2.75, 3.05) is 7.11 Å². The van der Waals surface area contributed by atoms with Crippen molar-refractivity contribution in [2.45, 2.75) is 6.54 Å². The van der Waals surface area contributed by atoms with Crippen molar-refractivity contribution in [3.8, 4) is 11.6 Å². The highest BCUT2D eigenvalue weighted by molar-refractivity contribution is 5.96. The zero-order valence-electron chi connectivity index (χ0n) is 14.7. The summed E-state index contributed by atoms with van der Waals surface area (Å²) in [5, 5.41) is 2.84. The monoisotopic (exact) mass is 362 g/mol. The van der Waals surface area contributed by atoms with Gasteiger partial charge in [0.2, 0.25) is 5.88 Å². The van der Waals surface area contributed by atoms with Gasteiger partial charge in [0.25, 0.3) is 5.91 Å². The van der Waals surface area contributed by atoms with Crippen LogP contribution in [0.2, 0.25) is 0 Å². The van der Waals surface area contributed by atoms with E-state index in [1.807, 2.05) is 36.4 Å². The van der Waals surface area contributed by atoms with Crippen molar-refractivity contribution in [1.82, 2.24) is 10.3 Å². The van der Waals surface area contributed by atoms with Crippen LogP contribution in [0.25, 0.3) is 0 Å². The number of pyridine rings is 1. The van der Waals surface area contributed by atoms with Crippen LogP contribution in [-0.4, -0.2) is 24.0 Å². The fraction of sp³-hybridized carbons (Fsp3) is 0.0952. The fourth-order valence-corrected chi connectivity index (χ4v) is 2.41. The molecule has 1 N–H and O–H groups in total. The number of hydrogen-bond acceptors (Lipinski definition) is 5. The van der Waals surface area contributed by atoms with Crippen LogP contribution < -0.4 is 10.1 Å². The smallest absolute Gasteiger partial charge is 0.337 e. The van der Waals surface area contributed by atoms with Gasteiger partial charge in [0.1, 0.15) is 5.75 Å². The zero-order valence-corrected chi connectivity index (χ0v) is 14.7. The molecule has 1 amide bonds. The summed E-state index contributed by atoms with van der Waals surface area (Å²) in [5.74, 6) is 0.474. The van der Waals surface area contributed by atoms with Gasteiger partial charge in [-0.3, -0.25) is 4.79 Å². The molecule has 0 aliphatic rings. The van der Waals surface area contributed by atoms with Gasteiger partial charge in [-0.1, -0.05) is 18.2 Å². The van der Waals surface area contributed by atoms with Crippen LogP contribution in [0.1, 0.15) is 26.3 Å². The highest BCUT2D eigenvalue weighted by Gasteiger charge is 2.09. The third kappa shape index (κ3) is 4.92. The molecule has 0 saturated heterocycles. The lowest BCUT2D eigenvalue weighted by Gasteiger charge is -2.08. The van der Waals surface area contributed by atoms with Gasteiger partial charge in [0.05, 0.1) is 12.7 Å². The Morgan fingerprint density at radius 2 is 1.74 bits per heavy atom. The number of hydrogen-bond donors (Lipinski definition) is 1. The number of ether oxygens (including phenoxy) is 2. The van der Waals surface area contributed by atoms with Gasteiger partial charge in [-0.25, -0.2) is 9.78 Å². The van der Waals surface area contributed by atoms with Gasteiger partial charge in [0, 0.05) is 24.4 Å². The van der Waals surface area contributed by atoms with Crippen molar-refractivity contribution in [3.63, 3.8) is 0 Å². The van der Waals surface area contributed by atoms with Crippen molar-refractivity contribution in [1.29, 1.82) is 0 Å². The highest BCUT2D eigenvalue weighted by Crippen LogP contribution is 2.20. The molecule has 2 aromatic carbocycles. The van der Waals surface area contributed by atoms with E-state index in [0.29, 0.717) is 29.3 Å². The number of methoxy groups -OCH3 is 1. The number of amides is 1. The maximum absolute atomic E-state index is 12.3. The standard InChI is InChI=1S/C21H18N2O4/c1-26-21(25)17-10-8-16(9-11-17)20(24)23-14-15-5-4-6-18(13-15)27-19-7-2-3-12-22-19/h2-13H,14H2,1H3,(H,23,24). The summed E-state index contributed by atoms with van der Waals surface area (Å²) < 4.78 is 10.3. The van der Waals surface area contributed by atoms with Crippen LogP contribution in [0.15, 0.2) is 72.9 Å². The molecule has 0 spiro atoms. The Hall–Kier alpha value is -3.67. The number of rotatable bonds is 6. The molecule has 0 fully saturated rings. The van der Waals surface area contributed by atoms with Gasteiger partial charge in [-0.2, -0.15) is 0 Å². The Bertz CT molecular complexity index is 924. The Labute approximate surface area is 156 Å². The van der Waals surface area contributed by atoms with E-state index in [9.17, 15) is 9.59 Å². The molecule has 0 radical (unpaired) electrons. The van der Waals surface area contributed by atoms with Crippen LogP contribution in [0.3, 0.4) is 0 Å². The molecule has 0 aliphatic carbocycles. The van der Waals surface area contributed by atoms with Crippen LogP contribution in [-0.2, 0) is 11.3 Å². The van der Waals surface area contributed by atoms with Crippen LogP contribution in [0.5, 0.6) is 11.6 Å². The van der Waals surface area contributed by atoms with E-state index >= 15 is 0 Å². The van der Waals surface area contributed by atoms with E-state index in [1.165, 1.54) is 7.11 Å². The van der Waals surface area contributed by atoms with Crippen LogP contribution >= 0.6 is 0 Å². The van der Waals surface area contributed by atoms with Crippen molar-refractivity contribution in [2.24, 2.45) is 0 Å². The highest BCUT2D eigenvalue weighted by atomic mass is 16.5. The normalized spacial score (nSPS) is 10.1. The number of nitrogens with zero attached hydrogens (tertiary/aromatic N) is 1. The molecule has 0 aliphatic heterocycles. The minimum absolute atomic E-state index is 0.234. The zero-order chi connectivity index (χ0) is 19.1. The van der Waals surface area contributed by atoms with E-state index in [1.54, 1.807) is 36.5 Å². The summed E-state index contributed by atoms with van der Waals surface area (Å²) >= 11 is 0. The summed E-state index contributed by atoms with van der Waals surface area (Å²) in [7, 11) is 1.31. The lowest BCUT2D eigenvalue weighted by Crippen LogP contribution is -2.22. The largest absolute Gasteiger partial charge is 0.465 e. The third-order valence-corrected chi connectivity index (χ3v) is 3.78. The molecule has 0 bridgehead atoms. The third-order valence-electron chi connectivity index (χ3n) is 3.78. The second-order valence-corrected chi connectivity index (χ2v) is 5.67. The predicted molar refractivity (Wildman–Crippen MR) is 99.7 cm³/mol. The van der Waals surface area contributed by atoms with Gasteiger partial charge >= 0.3 is 5.97 Å². The molecule has 136 valence electrons. The molecule has 0 saturated carbocycles. The predicted octanol–water partition coefficient (Wildman–Crippen LogP) is 3.59. The minimum Gasteiger partial charge on any atom is -0.465 e. The Morgan fingerprint density at radius 3 is 2.44 bits per heavy atom. The van der Waals surface area contributed by atoms with Crippen LogP contribution in [0.4, 0.5) is 0 Å². The number of esters is 1. The minimum atomic E-state index is -0.438. The molecule has 6 heteroatoms. The first-order valence-electron chi connectivity index (χ1n) is 8.30. The summed E-state index contributed by atoms with van der Waals surface area (Å²) in [6.07, 6.45) is 1.66. The molecule has 3 rings (SSSR count). The van der Waals surface area contributed by atoms with Crippen molar-refractivity contribution in [3.05, 3.63) is 89.6 Å². The van der Waals surface area contributed by atoms with Gasteiger partial charge in [-0.15, -0.1) is 0 Å². The molecule has 0 atom stereocenters. The molecular formula is C21H18N2O4. The lowest BCUT2D eigenvalue weighted by molar-refractivity contribution is 0.0600. The number of aromatic nitrogens is 1. The molecule has 1 heterocycles. The van der Waals surface area contributed by atoms with E-state index in [4.69, 9.17) is 4.74 Å². The second-order valence-electron chi connectivity index (χ2n) is 5.67. The SMILES string of the molecule is COC(=O)c1ccc(C(=O)NCc2cccc(Oc3ccccn3)c2)cc1. The summed E-state index contributed by atoms with van der Waals surface area (Å²) in [6.45, 7) is 0.344. The lowest BCUT2D eigenvalue weighted by atomic mass is 10.1. The molecule has 0 unspecified atom stereocenters. The number of carbonyl (C=O) groups excluding carboxylic acids is 2. The molecule has 6 nitrogen and oxygen atoms in total. The quantitative estimate of drug-likeness (QED) is 0.678. The number of carbonyl (C=O) groups is 2. The van der Waals surface area contributed by atoms with Crippen molar-refractivity contribution >= 4 is 11.9 Å².